The SMILES string of the molecule is Cc1c2c(cc3c1C(=O)C(C)(C)C3OC1OC(CO)C(O)C(O)C1O)C(=O)OCC2. The van der Waals surface area contributed by atoms with Crippen LogP contribution < -0.4 is 0 Å². The molecule has 1 aromatic rings. The van der Waals surface area contributed by atoms with Crippen LogP contribution in [-0.4, -0.2) is 76.1 Å². The summed E-state index contributed by atoms with van der Waals surface area (Å²) in [5.41, 5.74) is 1.78. The number of carbonyl (C=O) groups is 2. The number of hydrogen-bond donors (Lipinski definition) is 4. The van der Waals surface area contributed by atoms with E-state index in [1.54, 1.807) is 26.8 Å². The van der Waals surface area contributed by atoms with E-state index < -0.39 is 54.8 Å². The van der Waals surface area contributed by atoms with Crippen LogP contribution >= 0.6 is 0 Å². The molecule has 30 heavy (non-hydrogen) atoms. The van der Waals surface area contributed by atoms with Gasteiger partial charge < -0.3 is 34.6 Å². The Hall–Kier alpha value is -1.88. The van der Waals surface area contributed by atoms with Gasteiger partial charge in [-0.25, -0.2) is 4.79 Å². The molecular weight excluding hydrogens is 396 g/mol. The molecule has 0 spiro atoms. The zero-order valence-corrected chi connectivity index (χ0v) is 17.0. The van der Waals surface area contributed by atoms with Gasteiger partial charge in [-0.15, -0.1) is 0 Å². The summed E-state index contributed by atoms with van der Waals surface area (Å²) in [7, 11) is 0. The molecule has 4 N–H and O–H groups in total. The molecule has 164 valence electrons. The molecule has 6 atom stereocenters. The largest absolute Gasteiger partial charge is 0.462 e. The summed E-state index contributed by atoms with van der Waals surface area (Å²) in [6.07, 6.45) is -7.60. The van der Waals surface area contributed by atoms with E-state index in [2.05, 4.69) is 0 Å². The van der Waals surface area contributed by atoms with Crippen molar-refractivity contribution in [3.05, 3.63) is 33.9 Å². The maximum atomic E-state index is 13.2. The molecule has 9 nitrogen and oxygen atoms in total. The molecule has 1 aromatic carbocycles. The second kappa shape index (κ2) is 7.37. The monoisotopic (exact) mass is 422 g/mol. The third-order valence-corrected chi connectivity index (χ3v) is 6.42. The Kier molecular flexibility index (Phi) is 5.24. The molecule has 3 aliphatic rings. The standard InChI is InChI=1S/C21H26O9/c1-8-9-4-5-28-19(27)10(9)6-11-13(8)17(26)21(2,3)18(11)30-20-16(25)15(24)14(23)12(7-22)29-20/h6,12,14-16,18,20,22-25H,4-5,7H2,1-3H3. The number of fused-ring (bicyclic) bond motifs is 2. The van der Waals surface area contributed by atoms with E-state index in [0.717, 1.165) is 5.56 Å². The Labute approximate surface area is 173 Å². The predicted octanol–water partition coefficient (Wildman–Crippen LogP) is -0.212. The molecule has 0 amide bonds. The van der Waals surface area contributed by atoms with Gasteiger partial charge >= 0.3 is 5.97 Å². The number of benzene rings is 1. The fourth-order valence-electron chi connectivity index (χ4n) is 4.61. The fourth-order valence-corrected chi connectivity index (χ4v) is 4.61. The van der Waals surface area contributed by atoms with Crippen molar-refractivity contribution >= 4 is 11.8 Å². The summed E-state index contributed by atoms with van der Waals surface area (Å²) in [5.74, 6) is -0.628. The van der Waals surface area contributed by atoms with E-state index in [9.17, 15) is 30.0 Å². The summed E-state index contributed by atoms with van der Waals surface area (Å²) >= 11 is 0. The van der Waals surface area contributed by atoms with Gasteiger partial charge in [0.2, 0.25) is 0 Å². The molecule has 0 aromatic heterocycles. The van der Waals surface area contributed by atoms with Crippen LogP contribution in [0.1, 0.15) is 57.4 Å². The van der Waals surface area contributed by atoms with Crippen LogP contribution in [0.25, 0.3) is 0 Å². The van der Waals surface area contributed by atoms with Gasteiger partial charge in [-0.2, -0.15) is 0 Å². The summed E-state index contributed by atoms with van der Waals surface area (Å²) in [4.78, 5) is 25.5. The van der Waals surface area contributed by atoms with Crippen LogP contribution in [0.15, 0.2) is 6.07 Å². The minimum Gasteiger partial charge on any atom is -0.462 e. The van der Waals surface area contributed by atoms with Gasteiger partial charge in [-0.3, -0.25) is 4.79 Å². The van der Waals surface area contributed by atoms with Gasteiger partial charge in [0.15, 0.2) is 12.1 Å². The number of ketones is 1. The number of aliphatic hydroxyl groups excluding tert-OH is 4. The molecule has 0 bridgehead atoms. The second-order valence-electron chi connectivity index (χ2n) is 8.64. The first-order chi connectivity index (χ1) is 14.1. The molecule has 2 aliphatic heterocycles. The highest BCUT2D eigenvalue weighted by atomic mass is 16.7. The molecule has 6 unspecified atom stereocenters. The van der Waals surface area contributed by atoms with Gasteiger partial charge in [0, 0.05) is 12.0 Å². The lowest BCUT2D eigenvalue weighted by molar-refractivity contribution is -0.317. The zero-order chi connectivity index (χ0) is 22.0. The third-order valence-electron chi connectivity index (χ3n) is 6.42. The van der Waals surface area contributed by atoms with Gasteiger partial charge in [0.1, 0.15) is 24.4 Å². The van der Waals surface area contributed by atoms with E-state index in [1.807, 2.05) is 0 Å². The predicted molar refractivity (Wildman–Crippen MR) is 101 cm³/mol. The quantitative estimate of drug-likeness (QED) is 0.487. The highest BCUT2D eigenvalue weighted by Crippen LogP contribution is 2.51. The highest BCUT2D eigenvalue weighted by Gasteiger charge is 2.53. The topological polar surface area (TPSA) is 143 Å². The Bertz CT molecular complexity index is 891. The molecule has 1 fully saturated rings. The van der Waals surface area contributed by atoms with Crippen molar-refractivity contribution in [1.29, 1.82) is 0 Å². The summed E-state index contributed by atoms with van der Waals surface area (Å²) in [5, 5.41) is 39.8. The van der Waals surface area contributed by atoms with Crippen LogP contribution in [0.4, 0.5) is 0 Å². The van der Waals surface area contributed by atoms with Crippen molar-refractivity contribution < 1.29 is 44.2 Å². The fraction of sp³-hybridized carbons (Fsp3) is 0.619. The summed E-state index contributed by atoms with van der Waals surface area (Å²) in [6.45, 7) is 4.85. The minimum absolute atomic E-state index is 0.161. The molecule has 9 heteroatoms. The van der Waals surface area contributed by atoms with Crippen molar-refractivity contribution in [2.75, 3.05) is 13.2 Å². The molecule has 2 heterocycles. The average molecular weight is 422 g/mol. The van der Waals surface area contributed by atoms with Crippen LogP contribution in [0.5, 0.6) is 0 Å². The number of esters is 1. The van der Waals surface area contributed by atoms with E-state index in [4.69, 9.17) is 14.2 Å². The van der Waals surface area contributed by atoms with Crippen LogP contribution in [0.2, 0.25) is 0 Å². The van der Waals surface area contributed by atoms with Crippen molar-refractivity contribution in [2.45, 2.75) is 64.0 Å². The molecule has 1 aliphatic carbocycles. The molecule has 0 saturated carbocycles. The van der Waals surface area contributed by atoms with Gasteiger partial charge in [-0.05, 0) is 43.5 Å². The minimum atomic E-state index is -1.60. The maximum Gasteiger partial charge on any atom is 0.338 e. The smallest absolute Gasteiger partial charge is 0.338 e. The Morgan fingerprint density at radius 1 is 1.17 bits per heavy atom. The Balaban J connectivity index is 1.75. The lowest BCUT2D eigenvalue weighted by Gasteiger charge is -2.42. The van der Waals surface area contributed by atoms with E-state index >= 15 is 0 Å². The molecule has 0 radical (unpaired) electrons. The van der Waals surface area contributed by atoms with E-state index in [1.165, 1.54) is 0 Å². The lowest BCUT2D eigenvalue weighted by atomic mass is 9.86. The van der Waals surface area contributed by atoms with Gasteiger partial charge in [-0.1, -0.05) is 0 Å². The van der Waals surface area contributed by atoms with Gasteiger partial charge in [0.25, 0.3) is 0 Å². The first-order valence-corrected chi connectivity index (χ1v) is 9.93. The lowest BCUT2D eigenvalue weighted by Crippen LogP contribution is -2.59. The van der Waals surface area contributed by atoms with Crippen molar-refractivity contribution in [3.63, 3.8) is 0 Å². The van der Waals surface area contributed by atoms with Crippen molar-refractivity contribution in [1.82, 2.24) is 0 Å². The number of hydrogen-bond acceptors (Lipinski definition) is 9. The first kappa shape index (κ1) is 21.4. The van der Waals surface area contributed by atoms with Crippen molar-refractivity contribution in [3.8, 4) is 0 Å². The number of Topliss-reactive ketones (excluding diaryl/α,β-unsaturated/α-hetero) is 1. The number of rotatable bonds is 3. The maximum absolute atomic E-state index is 13.2. The van der Waals surface area contributed by atoms with Crippen LogP contribution in [0, 0.1) is 12.3 Å². The zero-order valence-electron chi connectivity index (χ0n) is 17.0. The highest BCUT2D eigenvalue weighted by molar-refractivity contribution is 6.08. The number of cyclic esters (lactones) is 1. The van der Waals surface area contributed by atoms with Crippen LogP contribution in [-0.2, 0) is 20.6 Å². The van der Waals surface area contributed by atoms with Crippen molar-refractivity contribution in [2.24, 2.45) is 5.41 Å². The summed E-state index contributed by atoms with van der Waals surface area (Å²) < 4.78 is 16.6. The second-order valence-corrected chi connectivity index (χ2v) is 8.64. The van der Waals surface area contributed by atoms with Crippen LogP contribution in [0.3, 0.4) is 0 Å². The number of aliphatic hydroxyl groups is 4. The van der Waals surface area contributed by atoms with Gasteiger partial charge in [0.05, 0.1) is 30.3 Å². The normalized spacial score (nSPS) is 35.0. The number of ether oxygens (including phenoxy) is 3. The number of carbonyl (C=O) groups excluding carboxylic acids is 2. The Morgan fingerprint density at radius 2 is 1.87 bits per heavy atom. The molecular formula is C21H26O9. The van der Waals surface area contributed by atoms with E-state index in [0.29, 0.717) is 28.7 Å². The summed E-state index contributed by atoms with van der Waals surface area (Å²) in [6, 6.07) is 1.60. The average Bonchev–Trinajstić information content (AvgIpc) is 2.89. The first-order valence-electron chi connectivity index (χ1n) is 9.93. The third kappa shape index (κ3) is 3.00. The van der Waals surface area contributed by atoms with E-state index in [-0.39, 0.29) is 12.4 Å². The molecule has 1 saturated heterocycles. The molecule has 4 rings (SSSR count). The Morgan fingerprint density at radius 3 is 2.53 bits per heavy atom.